The Morgan fingerprint density at radius 2 is 1.91 bits per heavy atom. The lowest BCUT2D eigenvalue weighted by molar-refractivity contribution is 0.357. The van der Waals surface area contributed by atoms with Gasteiger partial charge in [-0.2, -0.15) is 13.8 Å². The normalized spacial score (nSPS) is 9.82. The number of pyridine rings is 1. The number of methoxy groups -OCH3 is 1. The molecule has 1 heterocycles. The average Bonchev–Trinajstić information content (AvgIpc) is 1.97. The smallest absolute Gasteiger partial charge is 0.258 e. The highest BCUT2D eigenvalue weighted by atomic mass is 19.2. The van der Waals surface area contributed by atoms with E-state index in [0.29, 0.717) is 6.07 Å². The van der Waals surface area contributed by atoms with Gasteiger partial charge in [-0.1, -0.05) is 0 Å². The van der Waals surface area contributed by atoms with Gasteiger partial charge in [0.2, 0.25) is 0 Å². The van der Waals surface area contributed by atoms with Gasteiger partial charge < -0.3 is 4.74 Å². The summed E-state index contributed by atoms with van der Waals surface area (Å²) in [6.07, 6.45) is 0. The van der Waals surface area contributed by atoms with Crippen LogP contribution in [0.3, 0.4) is 0 Å². The van der Waals surface area contributed by atoms with Crippen molar-refractivity contribution in [1.82, 2.24) is 4.98 Å². The van der Waals surface area contributed by atoms with E-state index in [0.717, 1.165) is 7.11 Å². The Morgan fingerprint density at radius 1 is 1.27 bits per heavy atom. The third-order valence-corrected chi connectivity index (χ3v) is 1.07. The lowest BCUT2D eigenvalue weighted by atomic mass is 10.4. The molecule has 1 rings (SSSR count). The number of aromatic nitrogens is 1. The summed E-state index contributed by atoms with van der Waals surface area (Å²) in [5.41, 5.74) is 0. The maximum absolute atomic E-state index is 12.4. The molecule has 0 unspecified atom stereocenters. The molecule has 0 aliphatic carbocycles. The number of hydrogen-bond donors (Lipinski definition) is 0. The van der Waals surface area contributed by atoms with E-state index >= 15 is 0 Å². The number of halogens is 3. The van der Waals surface area contributed by atoms with Crippen molar-refractivity contribution in [2.75, 3.05) is 7.11 Å². The fraction of sp³-hybridized carbons (Fsp3) is 0.167. The zero-order valence-corrected chi connectivity index (χ0v) is 5.57. The topological polar surface area (TPSA) is 22.1 Å². The van der Waals surface area contributed by atoms with Crippen molar-refractivity contribution in [3.63, 3.8) is 0 Å². The van der Waals surface area contributed by atoms with Crippen molar-refractivity contribution in [1.29, 1.82) is 0 Å². The van der Waals surface area contributed by atoms with Crippen LogP contribution in [0.2, 0.25) is 0 Å². The zero-order valence-electron chi connectivity index (χ0n) is 5.57. The predicted molar refractivity (Wildman–Crippen MR) is 30.7 cm³/mol. The second-order valence-corrected chi connectivity index (χ2v) is 1.75. The summed E-state index contributed by atoms with van der Waals surface area (Å²) in [6.45, 7) is 0. The molecule has 0 fully saturated rings. The number of ether oxygens (including phenoxy) is 1. The van der Waals surface area contributed by atoms with Crippen LogP contribution in [-0.2, 0) is 0 Å². The molecular weight excluding hydrogens is 159 g/mol. The molecule has 0 atom stereocenters. The molecular formula is C6H4F3NO. The van der Waals surface area contributed by atoms with Crippen molar-refractivity contribution in [2.45, 2.75) is 0 Å². The minimum atomic E-state index is -1.47. The first-order chi connectivity index (χ1) is 5.15. The Kier molecular flexibility index (Phi) is 1.98. The highest BCUT2D eigenvalue weighted by molar-refractivity contribution is 5.19. The summed E-state index contributed by atoms with van der Waals surface area (Å²) in [5.74, 6) is -4.28. The van der Waals surface area contributed by atoms with Crippen LogP contribution in [0.4, 0.5) is 13.2 Å². The predicted octanol–water partition coefficient (Wildman–Crippen LogP) is 1.51. The Morgan fingerprint density at radius 3 is 2.45 bits per heavy atom. The first kappa shape index (κ1) is 7.84. The molecule has 0 amide bonds. The average molecular weight is 163 g/mol. The van der Waals surface area contributed by atoms with Gasteiger partial charge in [0, 0.05) is 6.07 Å². The number of rotatable bonds is 1. The van der Waals surface area contributed by atoms with Gasteiger partial charge in [0.05, 0.1) is 7.11 Å². The lowest BCUT2D eigenvalue weighted by Crippen LogP contribution is -1.97. The first-order valence-corrected chi connectivity index (χ1v) is 2.70. The minimum Gasteiger partial charge on any atom is -0.492 e. The highest BCUT2D eigenvalue weighted by Gasteiger charge is 2.10. The molecule has 5 heteroatoms. The summed E-state index contributed by atoms with van der Waals surface area (Å²) in [7, 11) is 1.14. The molecule has 0 aliphatic heterocycles. The van der Waals surface area contributed by atoms with E-state index in [2.05, 4.69) is 9.72 Å². The van der Waals surface area contributed by atoms with Crippen molar-refractivity contribution in [3.8, 4) is 5.75 Å². The van der Waals surface area contributed by atoms with E-state index in [9.17, 15) is 13.2 Å². The van der Waals surface area contributed by atoms with E-state index in [1.54, 1.807) is 0 Å². The van der Waals surface area contributed by atoms with Crippen molar-refractivity contribution >= 4 is 0 Å². The van der Waals surface area contributed by atoms with Gasteiger partial charge in [-0.05, 0) is 0 Å². The van der Waals surface area contributed by atoms with Gasteiger partial charge in [0.1, 0.15) is 0 Å². The fourth-order valence-corrected chi connectivity index (χ4v) is 0.572. The van der Waals surface area contributed by atoms with Crippen LogP contribution in [0.25, 0.3) is 0 Å². The molecule has 0 spiro atoms. The molecule has 0 N–H and O–H groups in total. The summed E-state index contributed by atoms with van der Waals surface area (Å²) < 4.78 is 41.1. The van der Waals surface area contributed by atoms with Gasteiger partial charge in [0.15, 0.2) is 11.6 Å². The molecule has 0 saturated heterocycles. The molecule has 2 nitrogen and oxygen atoms in total. The Hall–Kier alpha value is -1.26. The number of nitrogens with zero attached hydrogens (tertiary/aromatic N) is 1. The second-order valence-electron chi connectivity index (χ2n) is 1.75. The van der Waals surface area contributed by atoms with E-state index in [1.165, 1.54) is 0 Å². The Labute approximate surface area is 60.6 Å². The molecule has 0 bridgehead atoms. The molecule has 11 heavy (non-hydrogen) atoms. The van der Waals surface area contributed by atoms with Crippen molar-refractivity contribution in [3.05, 3.63) is 23.8 Å². The monoisotopic (exact) mass is 163 g/mol. The lowest BCUT2D eigenvalue weighted by Gasteiger charge is -1.99. The quantitative estimate of drug-likeness (QED) is 0.585. The third-order valence-electron chi connectivity index (χ3n) is 1.07. The fourth-order valence-electron chi connectivity index (χ4n) is 0.572. The minimum absolute atomic E-state index is 0.413. The van der Waals surface area contributed by atoms with Crippen molar-refractivity contribution < 1.29 is 17.9 Å². The molecule has 0 aromatic carbocycles. The van der Waals surface area contributed by atoms with Crippen LogP contribution in [0, 0.1) is 17.7 Å². The van der Waals surface area contributed by atoms with Crippen LogP contribution in [0.15, 0.2) is 6.07 Å². The van der Waals surface area contributed by atoms with E-state index < -0.39 is 23.5 Å². The van der Waals surface area contributed by atoms with Crippen LogP contribution in [0.1, 0.15) is 0 Å². The molecule has 0 radical (unpaired) electrons. The van der Waals surface area contributed by atoms with Crippen LogP contribution >= 0.6 is 0 Å². The maximum Gasteiger partial charge on any atom is 0.258 e. The van der Waals surface area contributed by atoms with Gasteiger partial charge in [-0.15, -0.1) is 0 Å². The summed E-state index contributed by atoms with van der Waals surface area (Å²) in [5, 5.41) is 0. The number of hydrogen-bond acceptors (Lipinski definition) is 2. The molecule has 0 aliphatic rings. The zero-order chi connectivity index (χ0) is 8.43. The SMILES string of the molecule is COc1cc(F)c(F)nc1F. The van der Waals surface area contributed by atoms with E-state index in [-0.39, 0.29) is 0 Å². The van der Waals surface area contributed by atoms with Crippen LogP contribution < -0.4 is 4.74 Å². The van der Waals surface area contributed by atoms with Crippen LogP contribution in [-0.4, -0.2) is 12.1 Å². The van der Waals surface area contributed by atoms with E-state index in [4.69, 9.17) is 0 Å². The molecule has 60 valence electrons. The summed E-state index contributed by atoms with van der Waals surface area (Å²) in [4.78, 5) is 2.61. The third kappa shape index (κ3) is 1.42. The summed E-state index contributed by atoms with van der Waals surface area (Å²) >= 11 is 0. The Bertz CT molecular complexity index is 277. The highest BCUT2D eigenvalue weighted by Crippen LogP contribution is 2.16. The maximum atomic E-state index is 12.4. The molecule has 0 saturated carbocycles. The Balaban J connectivity index is 3.21. The first-order valence-electron chi connectivity index (χ1n) is 2.70. The summed E-state index contributed by atoms with van der Waals surface area (Å²) in [6, 6.07) is 0.595. The van der Waals surface area contributed by atoms with Gasteiger partial charge in [-0.3, -0.25) is 0 Å². The standard InChI is InChI=1S/C6H4F3NO/c1-11-4-2-3(7)5(8)10-6(4)9/h2H,1H3. The second kappa shape index (κ2) is 2.77. The largest absolute Gasteiger partial charge is 0.492 e. The van der Waals surface area contributed by atoms with Crippen LogP contribution in [0.5, 0.6) is 5.75 Å². The van der Waals surface area contributed by atoms with Gasteiger partial charge >= 0.3 is 0 Å². The molecule has 1 aromatic rings. The van der Waals surface area contributed by atoms with Crippen molar-refractivity contribution in [2.24, 2.45) is 0 Å². The van der Waals surface area contributed by atoms with Gasteiger partial charge in [-0.25, -0.2) is 4.39 Å². The van der Waals surface area contributed by atoms with E-state index in [1.807, 2.05) is 0 Å². The van der Waals surface area contributed by atoms with Gasteiger partial charge in [0.25, 0.3) is 11.9 Å². The molecule has 1 aromatic heterocycles.